The Kier molecular flexibility index (Phi) is 5.64. The quantitative estimate of drug-likeness (QED) is 0.374. The maximum atomic E-state index is 13.1. The van der Waals surface area contributed by atoms with E-state index in [9.17, 15) is 9.59 Å². The fraction of sp³-hybridized carbons (Fsp3) is 0.208. The minimum atomic E-state index is -0.366. The normalized spacial score (nSPS) is 11.5. The number of halogens is 1. The van der Waals surface area contributed by atoms with Gasteiger partial charge in [-0.2, -0.15) is 0 Å². The van der Waals surface area contributed by atoms with Crippen molar-refractivity contribution in [3.05, 3.63) is 76.5 Å². The Bertz CT molecular complexity index is 1320. The maximum absolute atomic E-state index is 13.1. The molecule has 0 bridgehead atoms. The van der Waals surface area contributed by atoms with Crippen LogP contribution in [-0.4, -0.2) is 23.8 Å². The number of amides is 2. The van der Waals surface area contributed by atoms with Gasteiger partial charge in [-0.25, -0.2) is 4.98 Å². The average Bonchev–Trinajstić information content (AvgIpc) is 3.38. The molecular weight excluding hydrogens is 474 g/mol. The first-order valence-electron chi connectivity index (χ1n) is 9.98. The predicted octanol–water partition coefficient (Wildman–Crippen LogP) is 6.01. The molecule has 0 saturated heterocycles. The van der Waals surface area contributed by atoms with Crippen LogP contribution in [-0.2, 0) is 5.41 Å². The molecule has 0 unspecified atom stereocenters. The van der Waals surface area contributed by atoms with Crippen LogP contribution in [0.15, 0.2) is 68.1 Å². The van der Waals surface area contributed by atoms with Crippen molar-refractivity contribution in [2.75, 3.05) is 17.3 Å². The molecule has 2 heterocycles. The second kappa shape index (κ2) is 8.27. The van der Waals surface area contributed by atoms with Crippen LogP contribution in [0.1, 0.15) is 47.6 Å². The molecule has 32 heavy (non-hydrogen) atoms. The number of carbonyl (C=O) groups is 2. The van der Waals surface area contributed by atoms with E-state index in [-0.39, 0.29) is 23.0 Å². The molecule has 7 nitrogen and oxygen atoms in total. The van der Waals surface area contributed by atoms with E-state index in [0.717, 1.165) is 0 Å². The fourth-order valence-corrected chi connectivity index (χ4v) is 3.49. The zero-order valence-electron chi connectivity index (χ0n) is 18.1. The highest BCUT2D eigenvalue weighted by Gasteiger charge is 2.23. The molecule has 0 fully saturated rings. The zero-order chi connectivity index (χ0) is 23.0. The number of para-hydroxylation sites is 1. The molecule has 2 amide bonds. The molecule has 0 spiro atoms. The minimum absolute atomic E-state index is 0.167. The monoisotopic (exact) mass is 495 g/mol. The molecule has 0 aliphatic carbocycles. The van der Waals surface area contributed by atoms with Gasteiger partial charge in [-0.15, -0.1) is 0 Å². The Morgan fingerprint density at radius 3 is 2.47 bits per heavy atom. The van der Waals surface area contributed by atoms with Crippen molar-refractivity contribution in [2.45, 2.75) is 26.2 Å². The van der Waals surface area contributed by atoms with Gasteiger partial charge in [0.2, 0.25) is 5.89 Å². The van der Waals surface area contributed by atoms with Crippen LogP contribution in [0.5, 0.6) is 0 Å². The molecule has 4 aromatic rings. The lowest BCUT2D eigenvalue weighted by Gasteiger charge is -2.19. The number of hydrogen-bond donors (Lipinski definition) is 1. The molecule has 0 saturated carbocycles. The fourth-order valence-electron chi connectivity index (χ4n) is 3.19. The summed E-state index contributed by atoms with van der Waals surface area (Å²) >= 11 is 3.20. The summed E-state index contributed by atoms with van der Waals surface area (Å²) in [5, 5.41) is 2.89. The molecule has 0 radical (unpaired) electrons. The highest BCUT2D eigenvalue weighted by Crippen LogP contribution is 2.28. The van der Waals surface area contributed by atoms with Gasteiger partial charge in [-0.05, 0) is 58.4 Å². The molecule has 0 aliphatic rings. The van der Waals surface area contributed by atoms with Gasteiger partial charge in [0.05, 0.1) is 11.3 Å². The topological polar surface area (TPSA) is 88.6 Å². The molecular formula is C24H22BrN3O4. The van der Waals surface area contributed by atoms with Crippen molar-refractivity contribution in [1.29, 1.82) is 0 Å². The van der Waals surface area contributed by atoms with Gasteiger partial charge in [-0.1, -0.05) is 32.9 Å². The lowest BCUT2D eigenvalue weighted by molar-refractivity contribution is 0.0965. The lowest BCUT2D eigenvalue weighted by atomic mass is 9.97. The van der Waals surface area contributed by atoms with Gasteiger partial charge in [0.1, 0.15) is 5.52 Å². The first-order chi connectivity index (χ1) is 15.1. The van der Waals surface area contributed by atoms with E-state index in [1.165, 1.54) is 4.90 Å². The molecule has 0 atom stereocenters. The predicted molar refractivity (Wildman–Crippen MR) is 126 cm³/mol. The summed E-state index contributed by atoms with van der Waals surface area (Å²) in [7, 11) is 1.60. The maximum Gasteiger partial charge on any atom is 0.293 e. The molecule has 1 N–H and O–H groups in total. The lowest BCUT2D eigenvalue weighted by Crippen LogP contribution is -2.28. The summed E-state index contributed by atoms with van der Waals surface area (Å²) in [5.41, 5.74) is 2.49. The number of furan rings is 1. The van der Waals surface area contributed by atoms with Crippen LogP contribution in [0, 0.1) is 0 Å². The van der Waals surface area contributed by atoms with E-state index < -0.39 is 0 Å². The van der Waals surface area contributed by atoms with Crippen molar-refractivity contribution in [1.82, 2.24) is 4.98 Å². The first-order valence-corrected chi connectivity index (χ1v) is 10.8. The Labute approximate surface area is 193 Å². The first kappa shape index (κ1) is 21.8. The van der Waals surface area contributed by atoms with Gasteiger partial charge in [0, 0.05) is 18.2 Å². The largest absolute Gasteiger partial charge is 0.444 e. The second-order valence-electron chi connectivity index (χ2n) is 8.39. The molecule has 2 aromatic carbocycles. The van der Waals surface area contributed by atoms with Gasteiger partial charge >= 0.3 is 0 Å². The van der Waals surface area contributed by atoms with E-state index >= 15 is 0 Å². The van der Waals surface area contributed by atoms with Gasteiger partial charge in [0.25, 0.3) is 11.8 Å². The Morgan fingerprint density at radius 2 is 1.78 bits per heavy atom. The highest BCUT2D eigenvalue weighted by molar-refractivity contribution is 9.10. The third-order valence-corrected chi connectivity index (χ3v) is 5.31. The molecule has 0 aliphatic heterocycles. The SMILES string of the molecule is CN(C(=O)c1ccc(Br)o1)c1ccccc1C(=O)Nc1ccc2oc(C(C)(C)C)nc2c1. The average molecular weight is 496 g/mol. The number of aromatic nitrogens is 1. The van der Waals surface area contributed by atoms with Gasteiger partial charge in [-0.3, -0.25) is 9.59 Å². The van der Waals surface area contributed by atoms with E-state index in [2.05, 4.69) is 26.2 Å². The summed E-state index contributed by atoms with van der Waals surface area (Å²) in [5.74, 6) is 0.0844. The summed E-state index contributed by atoms with van der Waals surface area (Å²) in [6.07, 6.45) is 0. The van der Waals surface area contributed by atoms with Crippen LogP contribution < -0.4 is 10.2 Å². The summed E-state index contributed by atoms with van der Waals surface area (Å²) < 4.78 is 11.6. The van der Waals surface area contributed by atoms with Crippen molar-refractivity contribution in [3.8, 4) is 0 Å². The Morgan fingerprint density at radius 1 is 1.03 bits per heavy atom. The molecule has 8 heteroatoms. The zero-order valence-corrected chi connectivity index (χ0v) is 19.7. The summed E-state index contributed by atoms with van der Waals surface area (Å²) in [4.78, 5) is 31.8. The van der Waals surface area contributed by atoms with E-state index in [1.54, 1.807) is 61.6 Å². The molecule has 4 rings (SSSR count). The number of hydrogen-bond acceptors (Lipinski definition) is 5. The van der Waals surface area contributed by atoms with Crippen molar-refractivity contribution in [2.24, 2.45) is 0 Å². The van der Waals surface area contributed by atoms with Gasteiger partial charge < -0.3 is 19.1 Å². The van der Waals surface area contributed by atoms with E-state index in [4.69, 9.17) is 8.83 Å². The van der Waals surface area contributed by atoms with Crippen LogP contribution in [0.4, 0.5) is 11.4 Å². The standard InChI is InChI=1S/C24H22BrN3O4/c1-24(2,3)23-27-16-13-14(9-10-18(16)32-23)26-21(29)15-7-5-6-8-17(15)28(4)22(30)19-11-12-20(25)31-19/h5-13H,1-4H3,(H,26,29). The number of nitrogens with zero attached hydrogens (tertiary/aromatic N) is 2. The highest BCUT2D eigenvalue weighted by atomic mass is 79.9. The van der Waals surface area contributed by atoms with Crippen molar-refractivity contribution < 1.29 is 18.4 Å². The van der Waals surface area contributed by atoms with Crippen LogP contribution in [0.25, 0.3) is 11.1 Å². The number of nitrogens with one attached hydrogen (secondary N) is 1. The number of anilines is 2. The third-order valence-electron chi connectivity index (χ3n) is 4.89. The smallest absolute Gasteiger partial charge is 0.293 e. The number of fused-ring (bicyclic) bond motifs is 1. The van der Waals surface area contributed by atoms with E-state index in [1.807, 2.05) is 20.8 Å². The number of carbonyl (C=O) groups excluding carboxylic acids is 2. The van der Waals surface area contributed by atoms with Crippen LogP contribution >= 0.6 is 15.9 Å². The number of benzene rings is 2. The Balaban J connectivity index is 1.60. The van der Waals surface area contributed by atoms with Crippen LogP contribution in [0.3, 0.4) is 0 Å². The number of rotatable bonds is 4. The van der Waals surface area contributed by atoms with Crippen molar-refractivity contribution in [3.63, 3.8) is 0 Å². The minimum Gasteiger partial charge on any atom is -0.444 e. The molecule has 164 valence electrons. The van der Waals surface area contributed by atoms with E-state index in [0.29, 0.717) is 38.6 Å². The summed E-state index contributed by atoms with van der Waals surface area (Å²) in [6.45, 7) is 6.07. The van der Waals surface area contributed by atoms with Crippen molar-refractivity contribution >= 4 is 50.2 Å². The Hall–Kier alpha value is -3.39. The third kappa shape index (κ3) is 4.31. The summed E-state index contributed by atoms with van der Waals surface area (Å²) in [6, 6.07) is 15.4. The second-order valence-corrected chi connectivity index (χ2v) is 9.17. The number of oxazole rings is 1. The van der Waals surface area contributed by atoms with Gasteiger partial charge in [0.15, 0.2) is 16.0 Å². The molecule has 2 aromatic heterocycles. The van der Waals surface area contributed by atoms with Crippen LogP contribution in [0.2, 0.25) is 0 Å².